The number of nitrogens with one attached hydrogen (secondary N) is 1. The highest BCUT2D eigenvalue weighted by Crippen LogP contribution is 2.21. The van der Waals surface area contributed by atoms with E-state index in [2.05, 4.69) is 10.3 Å². The smallest absolute Gasteiger partial charge is 0.306 e. The first-order chi connectivity index (χ1) is 11.0. The normalized spacial score (nSPS) is 11.9. The SMILES string of the molecule is CS(=O)(=O)Cc1cnc(NC(=O)c2cccc(OS(C)(=O)=O)c2)s1. The zero-order valence-corrected chi connectivity index (χ0v) is 15.2. The number of hydrogen-bond acceptors (Lipinski definition) is 8. The van der Waals surface area contributed by atoms with Gasteiger partial charge in [-0.2, -0.15) is 8.42 Å². The molecule has 1 amide bonds. The van der Waals surface area contributed by atoms with Crippen LogP contribution in [0.25, 0.3) is 0 Å². The van der Waals surface area contributed by atoms with Crippen molar-refractivity contribution in [1.29, 1.82) is 0 Å². The summed E-state index contributed by atoms with van der Waals surface area (Å²) in [7, 11) is -6.87. The Balaban J connectivity index is 2.11. The number of carbonyl (C=O) groups is 1. The standard InChI is InChI=1S/C13H14N2O6S3/c1-23(17,18)8-11-7-14-13(22-11)15-12(16)9-4-3-5-10(6-9)21-24(2,19)20/h3-7H,8H2,1-2H3,(H,14,15,16). The average molecular weight is 390 g/mol. The molecular weight excluding hydrogens is 376 g/mol. The Kier molecular flexibility index (Phi) is 5.26. The topological polar surface area (TPSA) is 120 Å². The summed E-state index contributed by atoms with van der Waals surface area (Å²) in [6, 6.07) is 5.65. The minimum atomic E-state index is -3.69. The molecule has 0 atom stereocenters. The fourth-order valence-corrected chi connectivity index (χ4v) is 4.25. The molecule has 1 N–H and O–H groups in total. The van der Waals surface area contributed by atoms with Gasteiger partial charge in [-0.1, -0.05) is 6.07 Å². The summed E-state index contributed by atoms with van der Waals surface area (Å²) in [5.74, 6) is -0.658. The van der Waals surface area contributed by atoms with Crippen molar-refractivity contribution in [2.75, 3.05) is 17.8 Å². The molecule has 0 fully saturated rings. The third-order valence-corrected chi connectivity index (χ3v) is 4.95. The van der Waals surface area contributed by atoms with Crippen LogP contribution in [0.4, 0.5) is 5.13 Å². The quantitative estimate of drug-likeness (QED) is 0.738. The van der Waals surface area contributed by atoms with Crippen molar-refractivity contribution < 1.29 is 25.8 Å². The Labute approximate surface area is 143 Å². The Bertz CT molecular complexity index is 963. The van der Waals surface area contributed by atoms with Gasteiger partial charge in [-0.3, -0.25) is 10.1 Å². The van der Waals surface area contributed by atoms with Crippen LogP contribution >= 0.6 is 11.3 Å². The van der Waals surface area contributed by atoms with Crippen LogP contribution in [0.15, 0.2) is 30.5 Å². The average Bonchev–Trinajstić information content (AvgIpc) is 2.82. The van der Waals surface area contributed by atoms with Crippen molar-refractivity contribution in [2.24, 2.45) is 0 Å². The number of rotatable bonds is 6. The van der Waals surface area contributed by atoms with Crippen LogP contribution < -0.4 is 9.50 Å². The fourth-order valence-electron chi connectivity index (χ4n) is 1.72. The number of benzene rings is 1. The Morgan fingerprint density at radius 2 is 1.96 bits per heavy atom. The van der Waals surface area contributed by atoms with Crippen LogP contribution in [0.5, 0.6) is 5.75 Å². The largest absolute Gasteiger partial charge is 0.383 e. The zero-order chi connectivity index (χ0) is 18.0. The predicted octanol–water partition coefficient (Wildman–Crippen LogP) is 1.28. The van der Waals surface area contributed by atoms with Gasteiger partial charge in [-0.05, 0) is 18.2 Å². The summed E-state index contributed by atoms with van der Waals surface area (Å²) in [4.78, 5) is 16.6. The second-order valence-corrected chi connectivity index (χ2v) is 9.80. The highest BCUT2D eigenvalue weighted by Gasteiger charge is 2.13. The van der Waals surface area contributed by atoms with Gasteiger partial charge < -0.3 is 4.18 Å². The molecule has 0 unspecified atom stereocenters. The number of thiazole rings is 1. The first-order valence-corrected chi connectivity index (χ1v) is 11.1. The van der Waals surface area contributed by atoms with Crippen LogP contribution in [-0.2, 0) is 25.7 Å². The van der Waals surface area contributed by atoms with E-state index in [4.69, 9.17) is 4.18 Å². The molecule has 0 bridgehead atoms. The maximum Gasteiger partial charge on any atom is 0.306 e. The molecule has 0 aliphatic carbocycles. The molecule has 1 aromatic heterocycles. The van der Waals surface area contributed by atoms with Gasteiger partial charge in [0.2, 0.25) is 0 Å². The van der Waals surface area contributed by atoms with E-state index in [1.807, 2.05) is 0 Å². The second-order valence-electron chi connectivity index (χ2n) is 4.97. The lowest BCUT2D eigenvalue weighted by Crippen LogP contribution is -2.12. The summed E-state index contributed by atoms with van der Waals surface area (Å²) in [6.45, 7) is 0. The number of carbonyl (C=O) groups excluding carboxylic acids is 1. The number of hydrogen-bond donors (Lipinski definition) is 1. The van der Waals surface area contributed by atoms with E-state index >= 15 is 0 Å². The molecule has 0 saturated carbocycles. The summed E-state index contributed by atoms with van der Waals surface area (Å²) < 4.78 is 49.4. The maximum atomic E-state index is 12.2. The van der Waals surface area contributed by atoms with Crippen molar-refractivity contribution in [1.82, 2.24) is 4.98 Å². The molecule has 0 aliphatic rings. The van der Waals surface area contributed by atoms with Crippen LogP contribution in [0.3, 0.4) is 0 Å². The van der Waals surface area contributed by atoms with Crippen molar-refractivity contribution in [2.45, 2.75) is 5.75 Å². The van der Waals surface area contributed by atoms with E-state index in [0.717, 1.165) is 23.8 Å². The summed E-state index contributed by atoms with van der Waals surface area (Å²) >= 11 is 1.05. The molecular formula is C13H14N2O6S3. The number of anilines is 1. The van der Waals surface area contributed by atoms with Crippen molar-refractivity contribution in [3.63, 3.8) is 0 Å². The fraction of sp³-hybridized carbons (Fsp3) is 0.231. The highest BCUT2D eigenvalue weighted by atomic mass is 32.2. The Morgan fingerprint density at radius 3 is 2.58 bits per heavy atom. The number of aromatic nitrogens is 1. The lowest BCUT2D eigenvalue weighted by atomic mass is 10.2. The van der Waals surface area contributed by atoms with Crippen LogP contribution in [0.2, 0.25) is 0 Å². The van der Waals surface area contributed by atoms with Gasteiger partial charge in [0, 0.05) is 22.9 Å². The summed E-state index contributed by atoms with van der Waals surface area (Å²) in [5, 5.41) is 2.77. The lowest BCUT2D eigenvalue weighted by Gasteiger charge is -2.05. The van der Waals surface area contributed by atoms with Gasteiger partial charge in [0.15, 0.2) is 15.0 Å². The third kappa shape index (κ3) is 5.91. The second kappa shape index (κ2) is 6.87. The predicted molar refractivity (Wildman–Crippen MR) is 90.5 cm³/mol. The van der Waals surface area contributed by atoms with Gasteiger partial charge in [-0.25, -0.2) is 13.4 Å². The zero-order valence-electron chi connectivity index (χ0n) is 12.7. The van der Waals surface area contributed by atoms with Gasteiger partial charge in [-0.15, -0.1) is 11.3 Å². The van der Waals surface area contributed by atoms with Crippen molar-refractivity contribution >= 4 is 42.3 Å². The third-order valence-electron chi connectivity index (χ3n) is 2.52. The van der Waals surface area contributed by atoms with Gasteiger partial charge >= 0.3 is 10.1 Å². The first kappa shape index (κ1) is 18.4. The Hall–Kier alpha value is -1.98. The molecule has 1 aromatic carbocycles. The molecule has 130 valence electrons. The van der Waals surface area contributed by atoms with Gasteiger partial charge in [0.25, 0.3) is 5.91 Å². The van der Waals surface area contributed by atoms with E-state index in [9.17, 15) is 21.6 Å². The van der Waals surface area contributed by atoms with E-state index < -0.39 is 25.9 Å². The van der Waals surface area contributed by atoms with E-state index in [0.29, 0.717) is 4.88 Å². The van der Waals surface area contributed by atoms with E-state index in [-0.39, 0.29) is 22.2 Å². The number of nitrogens with zero attached hydrogens (tertiary/aromatic N) is 1. The minimum absolute atomic E-state index is 0.0158. The molecule has 8 nitrogen and oxygen atoms in total. The molecule has 2 aromatic rings. The molecule has 11 heteroatoms. The molecule has 24 heavy (non-hydrogen) atoms. The van der Waals surface area contributed by atoms with E-state index in [1.54, 1.807) is 0 Å². The maximum absolute atomic E-state index is 12.2. The molecule has 1 heterocycles. The molecule has 0 spiro atoms. The van der Waals surface area contributed by atoms with E-state index in [1.165, 1.54) is 30.5 Å². The van der Waals surface area contributed by atoms with Gasteiger partial charge in [0.05, 0.1) is 12.0 Å². The van der Waals surface area contributed by atoms with Gasteiger partial charge in [0.1, 0.15) is 5.75 Å². The summed E-state index contributed by atoms with van der Waals surface area (Å²) in [6.07, 6.45) is 3.39. The molecule has 0 radical (unpaired) electrons. The van der Waals surface area contributed by atoms with Crippen LogP contribution in [0.1, 0.15) is 15.2 Å². The molecule has 2 rings (SSSR count). The minimum Gasteiger partial charge on any atom is -0.383 e. The molecule has 0 saturated heterocycles. The monoisotopic (exact) mass is 390 g/mol. The molecule has 0 aliphatic heterocycles. The number of amides is 1. The summed E-state index contributed by atoms with van der Waals surface area (Å²) in [5.41, 5.74) is 0.177. The Morgan fingerprint density at radius 1 is 1.25 bits per heavy atom. The van der Waals surface area contributed by atoms with Crippen LogP contribution in [-0.4, -0.2) is 40.2 Å². The highest BCUT2D eigenvalue weighted by molar-refractivity contribution is 7.90. The lowest BCUT2D eigenvalue weighted by molar-refractivity contribution is 0.102. The van der Waals surface area contributed by atoms with Crippen molar-refractivity contribution in [3.05, 3.63) is 40.9 Å². The number of sulfone groups is 1. The van der Waals surface area contributed by atoms with Crippen LogP contribution in [0, 0.1) is 0 Å². The first-order valence-electron chi connectivity index (χ1n) is 6.45. The van der Waals surface area contributed by atoms with Crippen molar-refractivity contribution in [3.8, 4) is 5.75 Å².